The van der Waals surface area contributed by atoms with Gasteiger partial charge in [-0.1, -0.05) is 11.6 Å². The summed E-state index contributed by atoms with van der Waals surface area (Å²) in [4.78, 5) is 7.76. The number of imidazole rings is 1. The van der Waals surface area contributed by atoms with Crippen LogP contribution in [0.5, 0.6) is 11.5 Å². The normalized spacial score (nSPS) is 10.8. The number of anilines is 1. The smallest absolute Gasteiger partial charge is 0.163 e. The maximum Gasteiger partial charge on any atom is 0.163 e. The van der Waals surface area contributed by atoms with Crippen LogP contribution in [0, 0.1) is 0 Å². The molecule has 3 aromatic rings. The molecular formula is C15H14ClN3O2. The minimum Gasteiger partial charge on any atom is -0.493 e. The van der Waals surface area contributed by atoms with E-state index in [1.807, 2.05) is 12.1 Å². The second-order valence-electron chi connectivity index (χ2n) is 4.54. The van der Waals surface area contributed by atoms with Crippen molar-refractivity contribution in [1.82, 2.24) is 9.97 Å². The molecule has 0 aliphatic rings. The zero-order valence-electron chi connectivity index (χ0n) is 11.6. The Kier molecular flexibility index (Phi) is 3.35. The zero-order valence-corrected chi connectivity index (χ0v) is 12.4. The highest BCUT2D eigenvalue weighted by molar-refractivity contribution is 6.31. The van der Waals surface area contributed by atoms with Crippen LogP contribution in [0.15, 0.2) is 30.3 Å². The Bertz CT molecular complexity index is 773. The second-order valence-corrected chi connectivity index (χ2v) is 4.98. The van der Waals surface area contributed by atoms with E-state index in [9.17, 15) is 0 Å². The number of aromatic amines is 1. The van der Waals surface area contributed by atoms with Gasteiger partial charge in [0.25, 0.3) is 0 Å². The van der Waals surface area contributed by atoms with Crippen molar-refractivity contribution in [3.63, 3.8) is 0 Å². The lowest BCUT2D eigenvalue weighted by Crippen LogP contribution is -1.90. The van der Waals surface area contributed by atoms with Gasteiger partial charge in [-0.3, -0.25) is 0 Å². The van der Waals surface area contributed by atoms with Crippen LogP contribution < -0.4 is 15.2 Å². The predicted molar refractivity (Wildman–Crippen MR) is 84.1 cm³/mol. The van der Waals surface area contributed by atoms with Crippen LogP contribution >= 0.6 is 11.6 Å². The Hall–Kier alpha value is -2.40. The number of ether oxygens (including phenoxy) is 2. The Balaban J connectivity index is 2.19. The van der Waals surface area contributed by atoms with Gasteiger partial charge in [0, 0.05) is 28.4 Å². The summed E-state index contributed by atoms with van der Waals surface area (Å²) >= 11 is 6.02. The summed E-state index contributed by atoms with van der Waals surface area (Å²) in [7, 11) is 3.18. The molecule has 1 aromatic heterocycles. The SMILES string of the molecule is COc1cc2nc(-c3cc(Cl)ccc3N)[nH]c2cc1OC. The van der Waals surface area contributed by atoms with Gasteiger partial charge in [-0.15, -0.1) is 0 Å². The molecule has 108 valence electrons. The van der Waals surface area contributed by atoms with Crippen molar-refractivity contribution in [2.75, 3.05) is 20.0 Å². The van der Waals surface area contributed by atoms with Gasteiger partial charge < -0.3 is 20.2 Å². The molecule has 3 N–H and O–H groups in total. The number of hydrogen-bond donors (Lipinski definition) is 2. The lowest BCUT2D eigenvalue weighted by atomic mass is 10.2. The number of nitrogens with one attached hydrogen (secondary N) is 1. The Morgan fingerprint density at radius 2 is 1.81 bits per heavy atom. The standard InChI is InChI=1S/C15H14ClN3O2/c1-20-13-6-11-12(7-14(13)21-2)19-15(18-11)9-5-8(16)3-4-10(9)17/h3-7H,17H2,1-2H3,(H,18,19). The van der Waals surface area contributed by atoms with Crippen LogP contribution in [-0.4, -0.2) is 24.2 Å². The summed E-state index contributed by atoms with van der Waals surface area (Å²) in [6, 6.07) is 8.94. The van der Waals surface area contributed by atoms with Crippen LogP contribution in [-0.2, 0) is 0 Å². The number of methoxy groups -OCH3 is 2. The zero-order chi connectivity index (χ0) is 15.0. The maximum atomic E-state index is 6.02. The van der Waals surface area contributed by atoms with E-state index in [1.165, 1.54) is 0 Å². The summed E-state index contributed by atoms with van der Waals surface area (Å²) in [5.74, 6) is 1.92. The van der Waals surface area contributed by atoms with Crippen molar-refractivity contribution in [3.05, 3.63) is 35.4 Å². The third-order valence-corrected chi connectivity index (χ3v) is 3.49. The monoisotopic (exact) mass is 303 g/mol. The highest BCUT2D eigenvalue weighted by Gasteiger charge is 2.12. The first kappa shape index (κ1) is 13.6. The van der Waals surface area contributed by atoms with E-state index in [4.69, 9.17) is 26.8 Å². The van der Waals surface area contributed by atoms with Crippen molar-refractivity contribution in [2.24, 2.45) is 0 Å². The van der Waals surface area contributed by atoms with Gasteiger partial charge in [-0.05, 0) is 18.2 Å². The second kappa shape index (κ2) is 5.18. The molecule has 0 radical (unpaired) electrons. The fourth-order valence-electron chi connectivity index (χ4n) is 2.20. The van der Waals surface area contributed by atoms with Gasteiger partial charge in [0.05, 0.1) is 25.3 Å². The lowest BCUT2D eigenvalue weighted by Gasteiger charge is -2.06. The van der Waals surface area contributed by atoms with E-state index in [-0.39, 0.29) is 0 Å². The third kappa shape index (κ3) is 2.36. The van der Waals surface area contributed by atoms with Gasteiger partial charge in [-0.25, -0.2) is 4.98 Å². The van der Waals surface area contributed by atoms with Crippen molar-refractivity contribution in [1.29, 1.82) is 0 Å². The molecular weight excluding hydrogens is 290 g/mol. The van der Waals surface area contributed by atoms with Crippen LogP contribution in [0.3, 0.4) is 0 Å². The summed E-state index contributed by atoms with van der Waals surface area (Å²) in [6.07, 6.45) is 0. The summed E-state index contributed by atoms with van der Waals surface area (Å²) in [5, 5.41) is 0.606. The molecule has 0 fully saturated rings. The minimum absolute atomic E-state index is 0.606. The molecule has 0 unspecified atom stereocenters. The van der Waals surface area contributed by atoms with Crippen LogP contribution in [0.25, 0.3) is 22.4 Å². The quantitative estimate of drug-likeness (QED) is 0.727. The van der Waals surface area contributed by atoms with Crippen LogP contribution in [0.4, 0.5) is 5.69 Å². The molecule has 0 saturated heterocycles. The Morgan fingerprint density at radius 3 is 2.52 bits per heavy atom. The number of nitrogen functional groups attached to an aromatic ring is 1. The van der Waals surface area contributed by atoms with Gasteiger partial charge in [0.2, 0.25) is 0 Å². The number of fused-ring (bicyclic) bond motifs is 1. The van der Waals surface area contributed by atoms with Crippen molar-refractivity contribution < 1.29 is 9.47 Å². The van der Waals surface area contributed by atoms with E-state index in [0.717, 1.165) is 16.6 Å². The number of nitrogens with two attached hydrogens (primary N) is 1. The predicted octanol–water partition coefficient (Wildman–Crippen LogP) is 3.48. The molecule has 2 aromatic carbocycles. The molecule has 0 aliphatic carbocycles. The van der Waals surface area contributed by atoms with Crippen molar-refractivity contribution >= 4 is 28.3 Å². The number of nitrogens with zero attached hydrogens (tertiary/aromatic N) is 1. The number of hydrogen-bond acceptors (Lipinski definition) is 4. The topological polar surface area (TPSA) is 73.2 Å². The lowest BCUT2D eigenvalue weighted by molar-refractivity contribution is 0.356. The molecule has 0 bridgehead atoms. The molecule has 0 aliphatic heterocycles. The van der Waals surface area contributed by atoms with E-state index < -0.39 is 0 Å². The number of aromatic nitrogens is 2. The van der Waals surface area contributed by atoms with Gasteiger partial charge in [0.1, 0.15) is 5.82 Å². The molecule has 5 nitrogen and oxygen atoms in total. The van der Waals surface area contributed by atoms with Crippen molar-refractivity contribution in [2.45, 2.75) is 0 Å². The van der Waals surface area contributed by atoms with Gasteiger partial charge in [-0.2, -0.15) is 0 Å². The maximum absolute atomic E-state index is 6.02. The van der Waals surface area contributed by atoms with Gasteiger partial charge >= 0.3 is 0 Å². The number of halogens is 1. The largest absolute Gasteiger partial charge is 0.493 e. The summed E-state index contributed by atoms with van der Waals surface area (Å²) < 4.78 is 10.6. The van der Waals surface area contributed by atoms with E-state index >= 15 is 0 Å². The fourth-order valence-corrected chi connectivity index (χ4v) is 2.37. The summed E-state index contributed by atoms with van der Waals surface area (Å²) in [5.41, 5.74) is 8.96. The average molecular weight is 304 g/mol. The third-order valence-electron chi connectivity index (χ3n) is 3.26. The first-order valence-corrected chi connectivity index (χ1v) is 6.67. The van der Waals surface area contributed by atoms with Crippen LogP contribution in [0.2, 0.25) is 5.02 Å². The summed E-state index contributed by atoms with van der Waals surface area (Å²) in [6.45, 7) is 0. The van der Waals surface area contributed by atoms with Gasteiger partial charge in [0.15, 0.2) is 11.5 Å². The molecule has 6 heteroatoms. The van der Waals surface area contributed by atoms with Crippen molar-refractivity contribution in [3.8, 4) is 22.9 Å². The van der Waals surface area contributed by atoms with E-state index in [0.29, 0.717) is 28.0 Å². The molecule has 0 atom stereocenters. The molecule has 0 saturated carbocycles. The first-order chi connectivity index (χ1) is 10.1. The molecule has 0 spiro atoms. The highest BCUT2D eigenvalue weighted by Crippen LogP contribution is 2.34. The highest BCUT2D eigenvalue weighted by atomic mass is 35.5. The average Bonchev–Trinajstić information content (AvgIpc) is 2.90. The molecule has 1 heterocycles. The number of rotatable bonds is 3. The minimum atomic E-state index is 0.606. The fraction of sp³-hybridized carbons (Fsp3) is 0.133. The Labute approximate surface area is 126 Å². The molecule has 3 rings (SSSR count). The Morgan fingerprint density at radius 1 is 1.10 bits per heavy atom. The van der Waals surface area contributed by atoms with E-state index in [1.54, 1.807) is 32.4 Å². The molecule has 0 amide bonds. The number of benzene rings is 2. The first-order valence-electron chi connectivity index (χ1n) is 6.29. The van der Waals surface area contributed by atoms with Crippen LogP contribution in [0.1, 0.15) is 0 Å². The molecule has 21 heavy (non-hydrogen) atoms. The number of H-pyrrole nitrogens is 1. The van der Waals surface area contributed by atoms with E-state index in [2.05, 4.69) is 9.97 Å².